The van der Waals surface area contributed by atoms with E-state index in [4.69, 9.17) is 4.74 Å². The number of amides is 3. The Balaban J connectivity index is 1.57. The summed E-state index contributed by atoms with van der Waals surface area (Å²) < 4.78 is 5.26. The first kappa shape index (κ1) is 18.4. The van der Waals surface area contributed by atoms with Gasteiger partial charge in [-0.3, -0.25) is 19.4 Å². The number of fused-ring (bicyclic) bond motifs is 1. The molecule has 2 heterocycles. The lowest BCUT2D eigenvalue weighted by molar-refractivity contribution is -0.126. The molecular formula is C19H20N4O4. The van der Waals surface area contributed by atoms with Crippen LogP contribution in [-0.2, 0) is 9.59 Å². The van der Waals surface area contributed by atoms with Gasteiger partial charge in [0.05, 0.1) is 24.3 Å². The fraction of sp³-hybridized carbons (Fsp3) is 0.263. The first-order valence-corrected chi connectivity index (χ1v) is 8.53. The third-order valence-electron chi connectivity index (χ3n) is 4.26. The van der Waals surface area contributed by atoms with Crippen molar-refractivity contribution in [2.24, 2.45) is 0 Å². The molecule has 1 aliphatic heterocycles. The molecule has 0 spiro atoms. The number of methoxy groups -OCH3 is 1. The van der Waals surface area contributed by atoms with E-state index in [2.05, 4.69) is 20.9 Å². The molecule has 1 aliphatic rings. The maximum absolute atomic E-state index is 12.6. The summed E-state index contributed by atoms with van der Waals surface area (Å²) in [5.41, 5.74) is 1.70. The molecule has 0 radical (unpaired) electrons. The Morgan fingerprint density at radius 2 is 2.04 bits per heavy atom. The van der Waals surface area contributed by atoms with Gasteiger partial charge in [-0.1, -0.05) is 12.1 Å². The molecule has 0 bridgehead atoms. The second-order valence-electron chi connectivity index (χ2n) is 6.02. The maximum atomic E-state index is 12.6. The van der Waals surface area contributed by atoms with Gasteiger partial charge in [-0.05, 0) is 23.8 Å². The highest BCUT2D eigenvalue weighted by molar-refractivity contribution is 6.02. The number of hydrogen-bond donors (Lipinski definition) is 3. The van der Waals surface area contributed by atoms with E-state index in [0.717, 1.165) is 0 Å². The summed E-state index contributed by atoms with van der Waals surface area (Å²) in [6.45, 7) is 0.519. The minimum absolute atomic E-state index is 0.0635. The molecule has 0 saturated heterocycles. The predicted octanol–water partition coefficient (Wildman–Crippen LogP) is 1.06. The topological polar surface area (TPSA) is 109 Å². The van der Waals surface area contributed by atoms with Gasteiger partial charge in [0.1, 0.15) is 5.75 Å². The van der Waals surface area contributed by atoms with Crippen LogP contribution in [0.25, 0.3) is 0 Å². The van der Waals surface area contributed by atoms with E-state index in [1.54, 1.807) is 36.5 Å². The van der Waals surface area contributed by atoms with Crippen LogP contribution >= 0.6 is 0 Å². The molecule has 1 aromatic carbocycles. The number of aromatic nitrogens is 1. The highest BCUT2D eigenvalue weighted by Crippen LogP contribution is 2.38. The van der Waals surface area contributed by atoms with Crippen molar-refractivity contribution in [3.63, 3.8) is 0 Å². The Labute approximate surface area is 156 Å². The number of nitrogens with one attached hydrogen (secondary N) is 3. The predicted molar refractivity (Wildman–Crippen MR) is 98.6 cm³/mol. The van der Waals surface area contributed by atoms with Gasteiger partial charge in [0, 0.05) is 31.9 Å². The summed E-state index contributed by atoms with van der Waals surface area (Å²) in [6, 6.07) is 8.64. The zero-order valence-electron chi connectivity index (χ0n) is 14.8. The van der Waals surface area contributed by atoms with Gasteiger partial charge in [-0.15, -0.1) is 0 Å². The Hall–Kier alpha value is -3.42. The first-order chi connectivity index (χ1) is 13.1. The van der Waals surface area contributed by atoms with E-state index in [1.165, 1.54) is 13.3 Å². The number of carbonyl (C=O) groups excluding carboxylic acids is 3. The van der Waals surface area contributed by atoms with Gasteiger partial charge in [0.15, 0.2) is 0 Å². The molecule has 8 nitrogen and oxygen atoms in total. The lowest BCUT2D eigenvalue weighted by atomic mass is 9.89. The molecular weight excluding hydrogens is 348 g/mol. The van der Waals surface area contributed by atoms with Gasteiger partial charge >= 0.3 is 0 Å². The van der Waals surface area contributed by atoms with Gasteiger partial charge in [-0.25, -0.2) is 0 Å². The molecule has 0 fully saturated rings. The zero-order valence-corrected chi connectivity index (χ0v) is 14.8. The Morgan fingerprint density at radius 3 is 2.78 bits per heavy atom. The Bertz CT molecular complexity index is 854. The molecule has 3 amide bonds. The standard InChI is InChI=1S/C19H20N4O4/c1-27-15-6-2-5-13-14(10-16(24)23-17(13)15)19(26)22-9-8-21-18(25)12-4-3-7-20-11-12/h2-7,11,14H,8-10H2,1H3,(H,21,25)(H,22,26)(H,23,24)/t14-/m0/s1. The summed E-state index contributed by atoms with van der Waals surface area (Å²) in [5.74, 6) is -0.851. The van der Waals surface area contributed by atoms with Crippen LogP contribution in [0.4, 0.5) is 5.69 Å². The highest BCUT2D eigenvalue weighted by atomic mass is 16.5. The summed E-state index contributed by atoms with van der Waals surface area (Å²) >= 11 is 0. The SMILES string of the molecule is COc1cccc2c1NC(=O)C[C@@H]2C(=O)NCCNC(=O)c1cccnc1. The lowest BCUT2D eigenvalue weighted by Crippen LogP contribution is -2.39. The zero-order chi connectivity index (χ0) is 19.2. The molecule has 2 aromatic rings. The second kappa shape index (κ2) is 8.31. The van der Waals surface area contributed by atoms with Crippen LogP contribution < -0.4 is 20.7 Å². The lowest BCUT2D eigenvalue weighted by Gasteiger charge is -2.26. The smallest absolute Gasteiger partial charge is 0.252 e. The molecule has 3 N–H and O–H groups in total. The van der Waals surface area contributed by atoms with Gasteiger partial charge in [0.25, 0.3) is 5.91 Å². The molecule has 8 heteroatoms. The van der Waals surface area contributed by atoms with Gasteiger partial charge < -0.3 is 20.7 Å². The largest absolute Gasteiger partial charge is 0.495 e. The van der Waals surface area contributed by atoms with Gasteiger partial charge in [-0.2, -0.15) is 0 Å². The normalized spacial score (nSPS) is 15.3. The second-order valence-corrected chi connectivity index (χ2v) is 6.02. The fourth-order valence-electron chi connectivity index (χ4n) is 2.95. The molecule has 27 heavy (non-hydrogen) atoms. The third-order valence-corrected chi connectivity index (χ3v) is 4.26. The fourth-order valence-corrected chi connectivity index (χ4v) is 2.95. The van der Waals surface area contributed by atoms with Crippen molar-refractivity contribution in [3.8, 4) is 5.75 Å². The molecule has 3 rings (SSSR count). The van der Waals surface area contributed by atoms with Crippen LogP contribution in [0.3, 0.4) is 0 Å². The van der Waals surface area contributed by atoms with Crippen molar-refractivity contribution in [1.29, 1.82) is 0 Å². The van der Waals surface area contributed by atoms with Crippen LogP contribution in [0.1, 0.15) is 28.3 Å². The van der Waals surface area contributed by atoms with Crippen LogP contribution in [0.5, 0.6) is 5.75 Å². The molecule has 0 saturated carbocycles. The number of benzene rings is 1. The number of anilines is 1. The first-order valence-electron chi connectivity index (χ1n) is 8.53. The van der Waals surface area contributed by atoms with Crippen molar-refractivity contribution in [3.05, 3.63) is 53.9 Å². The van der Waals surface area contributed by atoms with Crippen LogP contribution in [0, 0.1) is 0 Å². The van der Waals surface area contributed by atoms with E-state index < -0.39 is 5.92 Å². The maximum Gasteiger partial charge on any atom is 0.252 e. The van der Waals surface area contributed by atoms with E-state index in [1.807, 2.05) is 0 Å². The molecule has 0 unspecified atom stereocenters. The van der Waals surface area contributed by atoms with E-state index >= 15 is 0 Å². The van der Waals surface area contributed by atoms with Crippen LogP contribution in [-0.4, -0.2) is 42.9 Å². The summed E-state index contributed by atoms with van der Waals surface area (Å²) in [4.78, 5) is 40.4. The number of rotatable bonds is 6. The Kier molecular flexibility index (Phi) is 5.65. The number of carbonyl (C=O) groups is 3. The van der Waals surface area contributed by atoms with E-state index in [9.17, 15) is 14.4 Å². The van der Waals surface area contributed by atoms with Gasteiger partial charge in [0.2, 0.25) is 11.8 Å². The highest BCUT2D eigenvalue weighted by Gasteiger charge is 2.32. The van der Waals surface area contributed by atoms with E-state index in [0.29, 0.717) is 22.6 Å². The minimum atomic E-state index is -0.599. The molecule has 0 aliphatic carbocycles. The van der Waals surface area contributed by atoms with Crippen molar-refractivity contribution >= 4 is 23.4 Å². The van der Waals surface area contributed by atoms with Crippen molar-refractivity contribution in [2.45, 2.75) is 12.3 Å². The summed E-state index contributed by atoms with van der Waals surface area (Å²) in [7, 11) is 1.51. The Morgan fingerprint density at radius 1 is 1.22 bits per heavy atom. The van der Waals surface area contributed by atoms with Crippen LogP contribution in [0.2, 0.25) is 0 Å². The average molecular weight is 368 g/mol. The van der Waals surface area contributed by atoms with Crippen LogP contribution in [0.15, 0.2) is 42.7 Å². The van der Waals surface area contributed by atoms with Crippen molar-refractivity contribution < 1.29 is 19.1 Å². The summed E-state index contributed by atoms with van der Waals surface area (Å²) in [6.07, 6.45) is 3.12. The molecule has 1 aromatic heterocycles. The number of para-hydroxylation sites is 1. The quantitative estimate of drug-likeness (QED) is 0.661. The third kappa shape index (κ3) is 4.22. The van der Waals surface area contributed by atoms with E-state index in [-0.39, 0.29) is 37.2 Å². The monoisotopic (exact) mass is 368 g/mol. The summed E-state index contributed by atoms with van der Waals surface area (Å²) in [5, 5.41) is 8.24. The number of nitrogens with zero attached hydrogens (tertiary/aromatic N) is 1. The molecule has 140 valence electrons. The van der Waals surface area contributed by atoms with Crippen molar-refractivity contribution in [2.75, 3.05) is 25.5 Å². The molecule has 1 atom stereocenters. The van der Waals surface area contributed by atoms with Crippen molar-refractivity contribution in [1.82, 2.24) is 15.6 Å². The minimum Gasteiger partial charge on any atom is -0.495 e. The average Bonchev–Trinajstić information content (AvgIpc) is 2.70. The number of pyridine rings is 1. The number of ether oxygens (including phenoxy) is 1. The number of hydrogen-bond acceptors (Lipinski definition) is 5.